The lowest BCUT2D eigenvalue weighted by Crippen LogP contribution is -2.34. The van der Waals surface area contributed by atoms with Gasteiger partial charge in [0.2, 0.25) is 0 Å². The average Bonchev–Trinajstić information content (AvgIpc) is 3.32. The summed E-state index contributed by atoms with van der Waals surface area (Å²) in [4.78, 5) is 46.3. The summed E-state index contributed by atoms with van der Waals surface area (Å²) < 4.78 is 32.9. The second kappa shape index (κ2) is 49.8. The molecule has 0 aromatic carbocycles. The molecule has 0 aromatic rings. The molecule has 0 saturated heterocycles. The van der Waals surface area contributed by atoms with E-state index in [0.29, 0.717) is 12.8 Å². The molecular weight excluding hydrogens is 878 g/mol. The van der Waals surface area contributed by atoms with Gasteiger partial charge in [-0.2, -0.15) is 0 Å². The zero-order valence-electron chi connectivity index (χ0n) is 42.4. The van der Waals surface area contributed by atoms with Crippen LogP contribution < -0.4 is 5.73 Å². The van der Waals surface area contributed by atoms with Crippen molar-refractivity contribution in [3.63, 3.8) is 0 Å². The van der Waals surface area contributed by atoms with Gasteiger partial charge in [0.25, 0.3) is 0 Å². The van der Waals surface area contributed by atoms with E-state index in [1.807, 2.05) is 0 Å². The minimum absolute atomic E-state index is 0.149. The Morgan fingerprint density at radius 3 is 1.16 bits per heavy atom. The maximum absolute atomic E-state index is 12.7. The van der Waals surface area contributed by atoms with Crippen LogP contribution in [-0.2, 0) is 37.5 Å². The number of ether oxygens (including phenoxy) is 2. The Balaban J connectivity index is 4.26. The maximum atomic E-state index is 12.7. The van der Waals surface area contributed by atoms with Crippen molar-refractivity contribution in [2.24, 2.45) is 5.73 Å². The van der Waals surface area contributed by atoms with Crippen LogP contribution in [-0.4, -0.2) is 59.9 Å². The summed E-state index contributed by atoms with van der Waals surface area (Å²) in [6.45, 7) is 2.58. The molecule has 11 nitrogen and oxygen atoms in total. The Kier molecular flexibility index (Phi) is 47.2. The monoisotopic (exact) mass is 972 g/mol. The second-order valence-electron chi connectivity index (χ2n) is 17.2. The first-order valence-corrected chi connectivity index (χ1v) is 27.8. The lowest BCUT2D eigenvalue weighted by molar-refractivity contribution is -0.161. The van der Waals surface area contributed by atoms with Gasteiger partial charge in [-0.15, -0.1) is 0 Å². The van der Waals surface area contributed by atoms with E-state index in [1.165, 1.54) is 64.2 Å². The fourth-order valence-electron chi connectivity index (χ4n) is 6.81. The van der Waals surface area contributed by atoms with E-state index in [9.17, 15) is 23.8 Å². The van der Waals surface area contributed by atoms with Crippen molar-refractivity contribution in [2.75, 3.05) is 19.8 Å². The molecule has 0 radical (unpaired) electrons. The lowest BCUT2D eigenvalue weighted by Gasteiger charge is -2.20. The van der Waals surface area contributed by atoms with E-state index >= 15 is 0 Å². The highest BCUT2D eigenvalue weighted by Crippen LogP contribution is 2.43. The highest BCUT2D eigenvalue weighted by molar-refractivity contribution is 7.47. The molecule has 0 aromatic heterocycles. The largest absolute Gasteiger partial charge is 0.480 e. The molecule has 12 heteroatoms. The number of esters is 2. The van der Waals surface area contributed by atoms with Gasteiger partial charge in [-0.05, 0) is 89.9 Å². The number of allylic oxidation sites excluding steroid dienone is 16. The molecule has 68 heavy (non-hydrogen) atoms. The molecule has 0 aliphatic carbocycles. The van der Waals surface area contributed by atoms with Gasteiger partial charge >= 0.3 is 25.7 Å². The molecule has 0 saturated carbocycles. The Morgan fingerprint density at radius 1 is 0.456 bits per heavy atom. The third kappa shape index (κ3) is 48.8. The second-order valence-corrected chi connectivity index (χ2v) is 18.7. The number of carbonyl (C=O) groups excluding carboxylic acids is 2. The van der Waals surface area contributed by atoms with Crippen molar-refractivity contribution in [1.82, 2.24) is 0 Å². The van der Waals surface area contributed by atoms with Crippen LogP contribution in [0.1, 0.15) is 206 Å². The number of aliphatic carboxylic acids is 1. The van der Waals surface area contributed by atoms with Crippen molar-refractivity contribution in [1.29, 1.82) is 0 Å². The highest BCUT2D eigenvalue weighted by Gasteiger charge is 2.28. The molecule has 388 valence electrons. The van der Waals surface area contributed by atoms with Crippen molar-refractivity contribution >= 4 is 25.7 Å². The van der Waals surface area contributed by atoms with Gasteiger partial charge < -0.3 is 25.2 Å². The van der Waals surface area contributed by atoms with Gasteiger partial charge in [-0.25, -0.2) is 4.57 Å². The summed E-state index contributed by atoms with van der Waals surface area (Å²) in [6, 6.07) is -1.53. The number of hydrogen-bond donors (Lipinski definition) is 3. The normalized spacial score (nSPS) is 14.3. The Morgan fingerprint density at radius 2 is 0.779 bits per heavy atom. The third-order valence-corrected chi connectivity index (χ3v) is 11.8. The van der Waals surface area contributed by atoms with Crippen LogP contribution in [0.2, 0.25) is 0 Å². The average molecular weight is 972 g/mol. The van der Waals surface area contributed by atoms with Gasteiger partial charge in [-0.3, -0.25) is 23.4 Å². The molecule has 0 spiro atoms. The zero-order chi connectivity index (χ0) is 49.9. The third-order valence-electron chi connectivity index (χ3n) is 10.8. The molecule has 3 atom stereocenters. The quantitative estimate of drug-likeness (QED) is 0.0229. The predicted molar refractivity (Wildman–Crippen MR) is 281 cm³/mol. The predicted octanol–water partition coefficient (Wildman–Crippen LogP) is 15.2. The lowest BCUT2D eigenvalue weighted by atomic mass is 10.0. The van der Waals surface area contributed by atoms with Gasteiger partial charge in [0, 0.05) is 12.8 Å². The summed E-state index contributed by atoms with van der Waals surface area (Å²) >= 11 is 0. The van der Waals surface area contributed by atoms with E-state index < -0.39 is 51.1 Å². The molecule has 0 rings (SSSR count). The van der Waals surface area contributed by atoms with Gasteiger partial charge in [0.15, 0.2) is 6.10 Å². The Labute approximate surface area is 413 Å². The van der Waals surface area contributed by atoms with Crippen LogP contribution >= 0.6 is 7.82 Å². The Bertz CT molecular complexity index is 1510. The first-order valence-electron chi connectivity index (χ1n) is 26.3. The Hall–Kier alpha value is -3.60. The topological polar surface area (TPSA) is 172 Å². The van der Waals surface area contributed by atoms with Crippen molar-refractivity contribution in [3.05, 3.63) is 97.2 Å². The van der Waals surface area contributed by atoms with E-state index in [2.05, 4.69) is 116 Å². The first-order chi connectivity index (χ1) is 33.1. The van der Waals surface area contributed by atoms with E-state index in [0.717, 1.165) is 103 Å². The van der Waals surface area contributed by atoms with Crippen LogP contribution in [0.25, 0.3) is 0 Å². The van der Waals surface area contributed by atoms with Gasteiger partial charge in [0.1, 0.15) is 12.6 Å². The molecule has 0 amide bonds. The van der Waals surface area contributed by atoms with Crippen LogP contribution in [0.3, 0.4) is 0 Å². The summed E-state index contributed by atoms with van der Waals surface area (Å²) in [5.41, 5.74) is 5.36. The SMILES string of the molecule is CC/C=C\C/C=C\C/C=C\C/C=C\CCCCCCCCCCCCC(=O)OC(COC(=O)CCCCCCCCCC/C=C\C/C=C\C/C=C\C/C=C\CC)COP(=O)(O)OCC(N)C(=O)O. The first kappa shape index (κ1) is 64.4. The molecule has 0 fully saturated rings. The fraction of sp³-hybridized carbons (Fsp3) is 0.661. The smallest absolute Gasteiger partial charge is 0.472 e. The maximum Gasteiger partial charge on any atom is 0.472 e. The summed E-state index contributed by atoms with van der Waals surface area (Å²) in [6.07, 6.45) is 64.6. The molecule has 4 N–H and O–H groups in total. The van der Waals surface area contributed by atoms with Crippen LogP contribution in [0.4, 0.5) is 0 Å². The minimum atomic E-state index is -4.73. The summed E-state index contributed by atoms with van der Waals surface area (Å²) in [5.74, 6) is -2.40. The highest BCUT2D eigenvalue weighted by atomic mass is 31.2. The number of phosphoric acid groups is 1. The number of carboxylic acid groups (broad SMARTS) is 1. The number of rotatable bonds is 48. The molecule has 3 unspecified atom stereocenters. The van der Waals surface area contributed by atoms with E-state index in [4.69, 9.17) is 24.8 Å². The number of carbonyl (C=O) groups is 3. The number of unbranched alkanes of at least 4 members (excludes halogenated alkanes) is 18. The zero-order valence-corrected chi connectivity index (χ0v) is 43.3. The number of phosphoric ester groups is 1. The van der Waals surface area contributed by atoms with Crippen molar-refractivity contribution in [3.8, 4) is 0 Å². The fourth-order valence-corrected chi connectivity index (χ4v) is 7.59. The number of hydrogen-bond acceptors (Lipinski definition) is 9. The van der Waals surface area contributed by atoms with Crippen molar-refractivity contribution < 1.29 is 47.5 Å². The molecule has 0 aliphatic rings. The molecule has 0 heterocycles. The molecule has 0 bridgehead atoms. The standard InChI is InChI=1S/C56H94NO10P/c1-3-5-7-9-11-13-15-17-19-21-23-25-26-28-30-32-34-36-38-40-42-44-46-48-55(59)67-52(50-65-68(62,63)66-51-53(57)56(60)61)49-64-54(58)47-45-43-41-39-37-35-33-31-29-27-24-22-20-18-16-14-12-10-8-6-4-2/h5-8,11-14,17-20,23-25,27,52-53H,3-4,9-10,15-16,21-22,26,28-51,57H2,1-2H3,(H,60,61)(H,62,63)/b7-5-,8-6-,13-11-,14-12-,19-17-,20-18-,25-23-,27-24-. The van der Waals surface area contributed by atoms with Crippen LogP contribution in [0.15, 0.2) is 97.2 Å². The van der Waals surface area contributed by atoms with Gasteiger partial charge in [-0.1, -0.05) is 201 Å². The van der Waals surface area contributed by atoms with Crippen LogP contribution in [0.5, 0.6) is 0 Å². The van der Waals surface area contributed by atoms with E-state index in [1.54, 1.807) is 0 Å². The minimum Gasteiger partial charge on any atom is -0.480 e. The van der Waals surface area contributed by atoms with Crippen LogP contribution in [0, 0.1) is 0 Å². The molecule has 0 aliphatic heterocycles. The summed E-state index contributed by atoms with van der Waals surface area (Å²) in [5, 5.41) is 8.93. The van der Waals surface area contributed by atoms with Gasteiger partial charge in [0.05, 0.1) is 13.2 Å². The van der Waals surface area contributed by atoms with Crippen molar-refractivity contribution in [2.45, 2.75) is 219 Å². The number of nitrogens with two attached hydrogens (primary N) is 1. The number of carboxylic acids is 1. The summed E-state index contributed by atoms with van der Waals surface area (Å²) in [7, 11) is -4.73. The van der Waals surface area contributed by atoms with E-state index in [-0.39, 0.29) is 19.4 Å². The molecular formula is C56H94NO10P.